The highest BCUT2D eigenvalue weighted by molar-refractivity contribution is 6.34. The fourth-order valence-corrected chi connectivity index (χ4v) is 10.8. The Balaban J connectivity index is 0.803. The lowest BCUT2D eigenvalue weighted by Gasteiger charge is -2.37. The first-order chi connectivity index (χ1) is 32.7. The molecular weight excluding hydrogens is 898 g/mol. The fourth-order valence-electron chi connectivity index (χ4n) is 10.6. The van der Waals surface area contributed by atoms with Crippen LogP contribution in [0.5, 0.6) is 11.5 Å². The number of benzene rings is 4. The van der Waals surface area contributed by atoms with E-state index in [0.29, 0.717) is 50.2 Å². The van der Waals surface area contributed by atoms with E-state index in [-0.39, 0.29) is 94.9 Å². The summed E-state index contributed by atoms with van der Waals surface area (Å²) < 4.78 is 45.7. The Morgan fingerprint density at radius 3 is 2.40 bits per heavy atom. The number of amides is 6. The van der Waals surface area contributed by atoms with E-state index in [1.807, 2.05) is 56.4 Å². The SMILES string of the molecule is COc1ccc(C(N)=O)c(-c2c(Cl)c(F)cc3c2[C@H](C)[C@@](CNC2CCC(C(=O)NCC(=O)N4CCC(c5ccc6c(N7CCC(=O)NC7=O)nn(C)c6c5)CC4)CC2)(c2ccccc2)O3)c1F. The van der Waals surface area contributed by atoms with Gasteiger partial charge in [0.15, 0.2) is 23.0 Å². The third-order valence-electron chi connectivity index (χ3n) is 14.4. The Kier molecular flexibility index (Phi) is 12.9. The van der Waals surface area contributed by atoms with Crippen LogP contribution in [0.25, 0.3) is 22.0 Å². The molecule has 5 aromatic rings. The van der Waals surface area contributed by atoms with Crippen LogP contribution in [-0.2, 0) is 27.0 Å². The molecule has 4 aromatic carbocycles. The van der Waals surface area contributed by atoms with Crippen LogP contribution >= 0.6 is 11.6 Å². The van der Waals surface area contributed by atoms with Gasteiger partial charge in [-0.25, -0.2) is 13.6 Å². The van der Waals surface area contributed by atoms with E-state index in [4.69, 9.17) is 26.8 Å². The summed E-state index contributed by atoms with van der Waals surface area (Å²) in [5.41, 5.74) is 7.31. The van der Waals surface area contributed by atoms with Crippen molar-refractivity contribution in [3.8, 4) is 22.6 Å². The van der Waals surface area contributed by atoms with Crippen molar-refractivity contribution in [2.75, 3.05) is 44.7 Å². The largest absolute Gasteiger partial charge is 0.494 e. The molecule has 3 aliphatic heterocycles. The zero-order valence-electron chi connectivity index (χ0n) is 38.0. The zero-order valence-corrected chi connectivity index (χ0v) is 38.8. The summed E-state index contributed by atoms with van der Waals surface area (Å²) in [5, 5.41) is 14.0. The van der Waals surface area contributed by atoms with Gasteiger partial charge >= 0.3 is 6.03 Å². The number of halogens is 3. The topological polar surface area (TPSA) is 190 Å². The summed E-state index contributed by atoms with van der Waals surface area (Å²) in [7, 11) is 3.11. The summed E-state index contributed by atoms with van der Waals surface area (Å²) in [5.74, 6) is -3.37. The van der Waals surface area contributed by atoms with Gasteiger partial charge in [0.05, 0.1) is 29.8 Å². The minimum Gasteiger partial charge on any atom is -0.494 e. The molecular formula is C50H53ClF2N8O7. The second-order valence-corrected chi connectivity index (χ2v) is 18.6. The highest BCUT2D eigenvalue weighted by Crippen LogP contribution is 2.56. The molecule has 68 heavy (non-hydrogen) atoms. The maximum absolute atomic E-state index is 16.2. The molecule has 18 heteroatoms. The van der Waals surface area contributed by atoms with E-state index in [1.165, 1.54) is 30.2 Å². The van der Waals surface area contributed by atoms with E-state index in [2.05, 4.69) is 27.1 Å². The molecule has 0 unspecified atom stereocenters. The molecule has 0 radical (unpaired) electrons. The van der Waals surface area contributed by atoms with Gasteiger partial charge in [0.2, 0.25) is 23.6 Å². The normalized spacial score (nSPS) is 21.9. The molecule has 4 heterocycles. The van der Waals surface area contributed by atoms with Crippen LogP contribution in [0.3, 0.4) is 0 Å². The number of hydrogen-bond acceptors (Lipinski definition) is 9. The van der Waals surface area contributed by atoms with Gasteiger partial charge in [-0.1, -0.05) is 54.9 Å². The lowest BCUT2D eigenvalue weighted by Crippen LogP contribution is -2.49. The Hall–Kier alpha value is -6.59. The van der Waals surface area contributed by atoms with Gasteiger partial charge in [0, 0.05) is 85.7 Å². The van der Waals surface area contributed by atoms with Crippen LogP contribution in [0.15, 0.2) is 66.7 Å². The van der Waals surface area contributed by atoms with Gasteiger partial charge in [-0.3, -0.25) is 34.1 Å². The highest BCUT2D eigenvalue weighted by Gasteiger charge is 2.50. The van der Waals surface area contributed by atoms with Crippen LogP contribution in [-0.4, -0.2) is 90.2 Å². The number of carbonyl (C=O) groups is 5. The Morgan fingerprint density at radius 2 is 1.71 bits per heavy atom. The van der Waals surface area contributed by atoms with Crippen molar-refractivity contribution < 1.29 is 42.2 Å². The molecule has 9 rings (SSSR count). The third kappa shape index (κ3) is 8.50. The van der Waals surface area contributed by atoms with Crippen LogP contribution in [0.1, 0.15) is 90.8 Å². The molecule has 2 saturated heterocycles. The molecule has 0 spiro atoms. The number of ether oxygens (including phenoxy) is 2. The van der Waals surface area contributed by atoms with Gasteiger partial charge in [0.1, 0.15) is 11.6 Å². The summed E-state index contributed by atoms with van der Waals surface area (Å²) in [6, 6.07) is 18.9. The number of fused-ring (bicyclic) bond motifs is 2. The number of hydrogen-bond donors (Lipinski definition) is 4. The van der Waals surface area contributed by atoms with E-state index in [9.17, 15) is 24.0 Å². The zero-order chi connectivity index (χ0) is 48.0. The van der Waals surface area contributed by atoms with Crippen molar-refractivity contribution >= 4 is 58.0 Å². The summed E-state index contributed by atoms with van der Waals surface area (Å²) in [4.78, 5) is 66.9. The number of urea groups is 1. The molecule has 6 amide bonds. The molecule has 1 aromatic heterocycles. The molecule has 356 valence electrons. The first-order valence-corrected chi connectivity index (χ1v) is 23.4. The number of piperidine rings is 1. The van der Waals surface area contributed by atoms with Crippen molar-refractivity contribution in [3.63, 3.8) is 0 Å². The van der Waals surface area contributed by atoms with E-state index >= 15 is 8.78 Å². The number of methoxy groups -OCH3 is 1. The predicted octanol–water partition coefficient (Wildman–Crippen LogP) is 6.79. The van der Waals surface area contributed by atoms with Crippen molar-refractivity contribution in [3.05, 3.63) is 106 Å². The second kappa shape index (κ2) is 18.8. The van der Waals surface area contributed by atoms with Crippen molar-refractivity contribution in [2.45, 2.75) is 75.3 Å². The smallest absolute Gasteiger partial charge is 0.329 e. The minimum atomic E-state index is -1.12. The number of anilines is 1. The summed E-state index contributed by atoms with van der Waals surface area (Å²) >= 11 is 6.67. The number of imide groups is 1. The summed E-state index contributed by atoms with van der Waals surface area (Å²) in [6.07, 6.45) is 4.27. The first kappa shape index (κ1) is 46.5. The van der Waals surface area contributed by atoms with Crippen LogP contribution < -0.4 is 36.1 Å². The maximum atomic E-state index is 16.2. The van der Waals surface area contributed by atoms with Gasteiger partial charge in [0.25, 0.3) is 0 Å². The number of aromatic nitrogens is 2. The second-order valence-electron chi connectivity index (χ2n) is 18.2. The molecule has 1 saturated carbocycles. The van der Waals surface area contributed by atoms with E-state index in [1.54, 1.807) is 9.58 Å². The predicted molar refractivity (Wildman–Crippen MR) is 251 cm³/mol. The summed E-state index contributed by atoms with van der Waals surface area (Å²) in [6.45, 7) is 3.46. The number of nitrogens with zero attached hydrogens (tertiary/aromatic N) is 4. The number of nitrogens with one attached hydrogen (secondary N) is 3. The third-order valence-corrected chi connectivity index (χ3v) is 14.8. The van der Waals surface area contributed by atoms with Crippen molar-refractivity contribution in [2.24, 2.45) is 18.7 Å². The van der Waals surface area contributed by atoms with Gasteiger partial charge in [-0.2, -0.15) is 5.10 Å². The number of rotatable bonds is 12. The number of aryl methyl sites for hydroxylation is 1. The van der Waals surface area contributed by atoms with E-state index in [0.717, 1.165) is 34.9 Å². The minimum absolute atomic E-state index is 0.00271. The molecule has 5 N–H and O–H groups in total. The number of carbonyl (C=O) groups excluding carboxylic acids is 5. The number of nitrogens with two attached hydrogens (primary N) is 1. The standard InChI is InChI=1S/C50H53ClF2N8O7/c1-27-41-38(24-35(52)44(51)43(41)42-34(46(54)64)15-16-37(67-3)45(42)53)68-50(27,31-7-5-4-6-8-31)26-56-32-12-9-29(10-13-32)48(65)55-25-40(63)60-20-17-28(18-21-60)30-11-14-33-36(23-30)59(2)58-47(33)61-22-19-39(62)57-49(61)66/h4-8,11,14-16,23-24,27-29,32,56H,9-10,12-13,17-22,25-26H2,1-3H3,(H2,54,64)(H,55,65)(H,57,62,66)/t27-,29?,32?,50-/m0/s1. The van der Waals surface area contributed by atoms with E-state index < -0.39 is 35.1 Å². The number of likely N-dealkylation sites (tertiary alicyclic amines) is 1. The van der Waals surface area contributed by atoms with Crippen LogP contribution in [0, 0.1) is 17.6 Å². The molecule has 4 aliphatic rings. The van der Waals surface area contributed by atoms with Crippen LogP contribution in [0.4, 0.5) is 19.4 Å². The fraction of sp³-hybridized carbons (Fsp3) is 0.400. The Morgan fingerprint density at radius 1 is 0.971 bits per heavy atom. The average molecular weight is 951 g/mol. The molecule has 2 atom stereocenters. The Labute approximate surface area is 396 Å². The quantitative estimate of drug-likeness (QED) is 0.104. The number of primary amides is 1. The lowest BCUT2D eigenvalue weighted by atomic mass is 9.77. The van der Waals surface area contributed by atoms with Gasteiger partial charge in [-0.15, -0.1) is 0 Å². The lowest BCUT2D eigenvalue weighted by molar-refractivity contribution is -0.135. The molecule has 0 bridgehead atoms. The van der Waals surface area contributed by atoms with Crippen molar-refractivity contribution in [1.29, 1.82) is 0 Å². The maximum Gasteiger partial charge on any atom is 0.329 e. The first-order valence-electron chi connectivity index (χ1n) is 23.0. The highest BCUT2D eigenvalue weighted by atomic mass is 35.5. The van der Waals surface area contributed by atoms with Gasteiger partial charge in [-0.05, 0) is 79.8 Å². The monoisotopic (exact) mass is 950 g/mol. The molecule has 1 aliphatic carbocycles. The molecule has 3 fully saturated rings. The molecule has 15 nitrogen and oxygen atoms in total. The Bertz CT molecular complexity index is 2830. The van der Waals surface area contributed by atoms with Gasteiger partial charge < -0.3 is 30.7 Å². The van der Waals surface area contributed by atoms with Crippen molar-refractivity contribution in [1.82, 2.24) is 30.6 Å². The average Bonchev–Trinajstić information content (AvgIpc) is 3.82. The van der Waals surface area contributed by atoms with Crippen LogP contribution in [0.2, 0.25) is 5.02 Å².